The van der Waals surface area contributed by atoms with Gasteiger partial charge in [0.2, 0.25) is 5.13 Å². The lowest BCUT2D eigenvalue weighted by Gasteiger charge is -2.07. The molecule has 0 saturated heterocycles. The summed E-state index contributed by atoms with van der Waals surface area (Å²) in [6, 6.07) is 3.69. The average molecular weight is 374 g/mol. The van der Waals surface area contributed by atoms with Crippen LogP contribution in [0.1, 0.15) is 19.4 Å². The summed E-state index contributed by atoms with van der Waals surface area (Å²) in [4.78, 5) is 10.0. The number of nitro benzene ring substituents is 1. The quantitative estimate of drug-likeness (QED) is 0.469. The van der Waals surface area contributed by atoms with E-state index >= 15 is 0 Å². The highest BCUT2D eigenvalue weighted by molar-refractivity contribution is 8.01. The van der Waals surface area contributed by atoms with Gasteiger partial charge in [0.05, 0.1) is 9.82 Å². The SMILES string of the molecule is Cc1ccc([N+](=O)[O-])cc1S(=O)(=O)Nc1nnc(SC(C)C)s1. The maximum absolute atomic E-state index is 12.4. The van der Waals surface area contributed by atoms with Crippen molar-refractivity contribution in [1.29, 1.82) is 0 Å². The number of non-ortho nitro benzene ring substituents is 1. The molecule has 0 fully saturated rings. The van der Waals surface area contributed by atoms with Gasteiger partial charge in [-0.1, -0.05) is 43.0 Å². The highest BCUT2D eigenvalue weighted by Gasteiger charge is 2.22. The van der Waals surface area contributed by atoms with Crippen molar-refractivity contribution < 1.29 is 13.3 Å². The van der Waals surface area contributed by atoms with Crippen LogP contribution in [0.2, 0.25) is 0 Å². The first kappa shape index (κ1) is 17.6. The fraction of sp³-hybridized carbons (Fsp3) is 0.333. The third-order valence-electron chi connectivity index (χ3n) is 2.64. The monoisotopic (exact) mass is 374 g/mol. The summed E-state index contributed by atoms with van der Waals surface area (Å²) < 4.78 is 27.8. The van der Waals surface area contributed by atoms with E-state index < -0.39 is 14.9 Å². The van der Waals surface area contributed by atoms with Crippen molar-refractivity contribution in [2.24, 2.45) is 0 Å². The molecule has 1 N–H and O–H groups in total. The Balaban J connectivity index is 2.30. The lowest BCUT2D eigenvalue weighted by Crippen LogP contribution is -2.14. The molecule has 2 rings (SSSR count). The van der Waals surface area contributed by atoms with Crippen molar-refractivity contribution in [1.82, 2.24) is 10.2 Å². The van der Waals surface area contributed by atoms with E-state index in [-0.39, 0.29) is 15.7 Å². The molecule has 0 aliphatic heterocycles. The van der Waals surface area contributed by atoms with E-state index in [4.69, 9.17) is 0 Å². The van der Waals surface area contributed by atoms with Gasteiger partial charge in [-0.2, -0.15) is 0 Å². The fourth-order valence-corrected chi connectivity index (χ4v) is 5.13. The normalized spacial score (nSPS) is 11.7. The maximum atomic E-state index is 12.4. The maximum Gasteiger partial charge on any atom is 0.270 e. The van der Waals surface area contributed by atoms with Gasteiger partial charge in [-0.05, 0) is 12.5 Å². The Morgan fingerprint density at radius 1 is 1.35 bits per heavy atom. The lowest BCUT2D eigenvalue weighted by atomic mass is 10.2. The van der Waals surface area contributed by atoms with Gasteiger partial charge in [0.25, 0.3) is 15.7 Å². The third-order valence-corrected chi connectivity index (χ3v) is 6.17. The molecular weight excluding hydrogens is 360 g/mol. The molecule has 0 aliphatic carbocycles. The Bertz CT molecular complexity index is 833. The van der Waals surface area contributed by atoms with Gasteiger partial charge in [-0.3, -0.25) is 14.8 Å². The number of hydrogen-bond donors (Lipinski definition) is 1. The van der Waals surface area contributed by atoms with Gasteiger partial charge in [-0.15, -0.1) is 10.2 Å². The molecule has 0 atom stereocenters. The number of thioether (sulfide) groups is 1. The number of rotatable bonds is 6. The second-order valence-electron chi connectivity index (χ2n) is 4.85. The number of aryl methyl sites for hydroxylation is 1. The van der Waals surface area contributed by atoms with E-state index in [1.54, 1.807) is 6.92 Å². The molecule has 0 bridgehead atoms. The Morgan fingerprint density at radius 2 is 2.04 bits per heavy atom. The topological polar surface area (TPSA) is 115 Å². The average Bonchev–Trinajstić information content (AvgIpc) is 2.84. The molecule has 8 nitrogen and oxygen atoms in total. The van der Waals surface area contributed by atoms with E-state index in [2.05, 4.69) is 14.9 Å². The standard InChI is InChI=1S/C12H14N4O4S3/c1-7(2)21-12-14-13-11(22-12)15-23(19,20)10-6-9(16(17)18)5-4-8(10)3/h4-7H,1-3H3,(H,13,15). The zero-order chi connectivity index (χ0) is 17.2. The number of sulfonamides is 1. The molecule has 0 unspecified atom stereocenters. The number of hydrogen-bond acceptors (Lipinski definition) is 8. The molecule has 0 amide bonds. The summed E-state index contributed by atoms with van der Waals surface area (Å²) >= 11 is 2.59. The molecule has 0 saturated carbocycles. The summed E-state index contributed by atoms with van der Waals surface area (Å²) in [5.74, 6) is 0. The molecule has 1 aromatic carbocycles. The van der Waals surface area contributed by atoms with Crippen LogP contribution in [0.5, 0.6) is 0 Å². The number of nitrogens with one attached hydrogen (secondary N) is 1. The Labute approximate surface area is 141 Å². The van der Waals surface area contributed by atoms with Crippen molar-refractivity contribution in [3.8, 4) is 0 Å². The third kappa shape index (κ3) is 4.39. The van der Waals surface area contributed by atoms with Gasteiger partial charge >= 0.3 is 0 Å². The fourth-order valence-electron chi connectivity index (χ4n) is 1.66. The number of anilines is 1. The smallest absolute Gasteiger partial charge is 0.258 e. The number of aromatic nitrogens is 2. The van der Waals surface area contributed by atoms with Crippen LogP contribution in [0.3, 0.4) is 0 Å². The number of benzene rings is 1. The van der Waals surface area contributed by atoms with E-state index in [0.717, 1.165) is 17.4 Å². The summed E-state index contributed by atoms with van der Waals surface area (Å²) in [6.45, 7) is 5.54. The molecule has 124 valence electrons. The molecule has 2 aromatic rings. The first-order chi connectivity index (χ1) is 10.7. The van der Waals surface area contributed by atoms with Crippen LogP contribution in [0.15, 0.2) is 27.4 Å². The molecule has 23 heavy (non-hydrogen) atoms. The number of nitro groups is 1. The summed E-state index contributed by atoms with van der Waals surface area (Å²) in [7, 11) is -3.97. The first-order valence-electron chi connectivity index (χ1n) is 6.47. The van der Waals surface area contributed by atoms with Crippen LogP contribution in [0.4, 0.5) is 10.8 Å². The van der Waals surface area contributed by atoms with Crippen LogP contribution in [-0.2, 0) is 10.0 Å². The molecule has 1 heterocycles. The molecule has 11 heteroatoms. The first-order valence-corrected chi connectivity index (χ1v) is 9.65. The van der Waals surface area contributed by atoms with Crippen molar-refractivity contribution >= 4 is 43.9 Å². The van der Waals surface area contributed by atoms with E-state index in [0.29, 0.717) is 15.2 Å². The van der Waals surface area contributed by atoms with Crippen molar-refractivity contribution in [3.63, 3.8) is 0 Å². The minimum absolute atomic E-state index is 0.124. The highest BCUT2D eigenvalue weighted by atomic mass is 32.2. The second-order valence-corrected chi connectivity index (χ2v) is 9.30. The predicted octanol–water partition coefficient (Wildman–Crippen LogP) is 3.06. The minimum atomic E-state index is -3.97. The highest BCUT2D eigenvalue weighted by Crippen LogP contribution is 2.30. The van der Waals surface area contributed by atoms with Gasteiger partial charge in [0.1, 0.15) is 0 Å². The van der Waals surface area contributed by atoms with Crippen molar-refractivity contribution in [2.75, 3.05) is 4.72 Å². The number of nitrogens with zero attached hydrogens (tertiary/aromatic N) is 3. The molecular formula is C12H14N4O4S3. The zero-order valence-corrected chi connectivity index (χ0v) is 15.0. The Morgan fingerprint density at radius 3 is 2.65 bits per heavy atom. The van der Waals surface area contributed by atoms with Gasteiger partial charge in [0, 0.05) is 17.4 Å². The molecule has 0 aliphatic rings. The lowest BCUT2D eigenvalue weighted by molar-refractivity contribution is -0.385. The zero-order valence-electron chi connectivity index (χ0n) is 12.5. The second kappa shape index (κ2) is 6.81. The van der Waals surface area contributed by atoms with Crippen molar-refractivity contribution in [3.05, 3.63) is 33.9 Å². The van der Waals surface area contributed by atoms with E-state index in [9.17, 15) is 18.5 Å². The molecule has 0 spiro atoms. The summed E-state index contributed by atoms with van der Waals surface area (Å²) in [5.41, 5.74) is 0.119. The Kier molecular flexibility index (Phi) is 5.22. The van der Waals surface area contributed by atoms with Crippen LogP contribution in [0, 0.1) is 17.0 Å². The van der Waals surface area contributed by atoms with E-state index in [1.165, 1.54) is 23.9 Å². The van der Waals surface area contributed by atoms with Crippen molar-refractivity contribution in [2.45, 2.75) is 35.3 Å². The predicted molar refractivity (Wildman–Crippen MR) is 89.5 cm³/mol. The van der Waals surface area contributed by atoms with Crippen LogP contribution in [0.25, 0.3) is 0 Å². The summed E-state index contributed by atoms with van der Waals surface area (Å²) in [6.07, 6.45) is 0. The van der Waals surface area contributed by atoms with E-state index in [1.807, 2.05) is 13.8 Å². The minimum Gasteiger partial charge on any atom is -0.258 e. The van der Waals surface area contributed by atoms with Gasteiger partial charge in [0.15, 0.2) is 4.34 Å². The van der Waals surface area contributed by atoms with Crippen LogP contribution < -0.4 is 4.72 Å². The Hall–Kier alpha value is -1.72. The molecule has 0 radical (unpaired) electrons. The van der Waals surface area contributed by atoms with Crippen LogP contribution >= 0.6 is 23.1 Å². The molecule has 1 aromatic heterocycles. The van der Waals surface area contributed by atoms with Gasteiger partial charge < -0.3 is 0 Å². The van der Waals surface area contributed by atoms with Gasteiger partial charge in [-0.25, -0.2) is 8.42 Å². The largest absolute Gasteiger partial charge is 0.270 e. The van der Waals surface area contributed by atoms with Crippen LogP contribution in [-0.4, -0.2) is 28.8 Å². The summed E-state index contributed by atoms with van der Waals surface area (Å²) in [5, 5.41) is 18.9.